The molecule has 1 aromatic rings. The molecule has 2 rings (SSSR count). The van der Waals surface area contributed by atoms with Gasteiger partial charge in [0.25, 0.3) is 0 Å². The summed E-state index contributed by atoms with van der Waals surface area (Å²) in [5, 5.41) is 15.2. The van der Waals surface area contributed by atoms with Crippen molar-refractivity contribution >= 4 is 11.6 Å². The van der Waals surface area contributed by atoms with E-state index in [2.05, 4.69) is 16.7 Å². The Balaban J connectivity index is 1.84. The van der Waals surface area contributed by atoms with Crippen LogP contribution in [0.4, 0.5) is 10.1 Å². The van der Waals surface area contributed by atoms with Crippen molar-refractivity contribution in [2.75, 3.05) is 31.5 Å². The molecular formula is C18H25FN4O. The van der Waals surface area contributed by atoms with Crippen LogP contribution in [0.2, 0.25) is 0 Å². The highest BCUT2D eigenvalue weighted by Crippen LogP contribution is 2.20. The fourth-order valence-corrected chi connectivity index (χ4v) is 2.72. The van der Waals surface area contributed by atoms with Crippen LogP contribution in [0.15, 0.2) is 18.2 Å². The monoisotopic (exact) mass is 332 g/mol. The molecule has 0 unspecified atom stereocenters. The average molecular weight is 332 g/mol. The molecule has 1 heterocycles. The highest BCUT2D eigenvalue weighted by Gasteiger charge is 2.17. The first-order valence-electron chi connectivity index (χ1n) is 8.38. The van der Waals surface area contributed by atoms with Gasteiger partial charge >= 0.3 is 0 Å². The van der Waals surface area contributed by atoms with Crippen molar-refractivity contribution in [1.82, 2.24) is 10.2 Å². The molecule has 0 saturated carbocycles. The van der Waals surface area contributed by atoms with E-state index in [1.54, 1.807) is 26.0 Å². The number of nitriles is 1. The van der Waals surface area contributed by atoms with E-state index in [0.29, 0.717) is 30.5 Å². The SMILES string of the molecule is CC(C)(C#N)Nc1ccc(CCCC(=O)N2CCNCC2)c(F)c1. The molecule has 1 aliphatic heterocycles. The summed E-state index contributed by atoms with van der Waals surface area (Å²) in [5.74, 6) is -0.158. The lowest BCUT2D eigenvalue weighted by atomic mass is 10.0. The first-order chi connectivity index (χ1) is 11.4. The number of anilines is 1. The average Bonchev–Trinajstić information content (AvgIpc) is 2.57. The Morgan fingerprint density at radius 2 is 2.12 bits per heavy atom. The van der Waals surface area contributed by atoms with Crippen LogP contribution in [0.25, 0.3) is 0 Å². The van der Waals surface area contributed by atoms with Gasteiger partial charge < -0.3 is 15.5 Å². The number of piperazine rings is 1. The third-order valence-corrected chi connectivity index (χ3v) is 4.10. The Morgan fingerprint density at radius 1 is 1.42 bits per heavy atom. The molecule has 0 aliphatic carbocycles. The molecule has 1 amide bonds. The molecule has 0 spiro atoms. The molecule has 5 nitrogen and oxygen atoms in total. The topological polar surface area (TPSA) is 68.2 Å². The van der Waals surface area contributed by atoms with Gasteiger partial charge in [-0.3, -0.25) is 4.79 Å². The van der Waals surface area contributed by atoms with Crippen molar-refractivity contribution in [3.05, 3.63) is 29.6 Å². The van der Waals surface area contributed by atoms with Gasteiger partial charge in [-0.25, -0.2) is 4.39 Å². The van der Waals surface area contributed by atoms with Crippen molar-refractivity contribution in [2.24, 2.45) is 0 Å². The van der Waals surface area contributed by atoms with Crippen molar-refractivity contribution in [2.45, 2.75) is 38.6 Å². The Labute approximate surface area is 142 Å². The largest absolute Gasteiger partial charge is 0.368 e. The Morgan fingerprint density at radius 3 is 2.75 bits per heavy atom. The van der Waals surface area contributed by atoms with E-state index >= 15 is 0 Å². The smallest absolute Gasteiger partial charge is 0.222 e. The molecule has 0 radical (unpaired) electrons. The predicted octanol–water partition coefficient (Wildman–Crippen LogP) is 2.29. The predicted molar refractivity (Wildman–Crippen MR) is 92.1 cm³/mol. The van der Waals surface area contributed by atoms with Gasteiger partial charge in [-0.05, 0) is 44.4 Å². The Hall–Kier alpha value is -2.13. The van der Waals surface area contributed by atoms with Gasteiger partial charge in [-0.15, -0.1) is 0 Å². The van der Waals surface area contributed by atoms with E-state index in [1.165, 1.54) is 6.07 Å². The summed E-state index contributed by atoms with van der Waals surface area (Å²) in [6, 6.07) is 7.03. The van der Waals surface area contributed by atoms with Crippen LogP contribution in [-0.2, 0) is 11.2 Å². The minimum atomic E-state index is -0.746. The Bertz CT molecular complexity index is 618. The van der Waals surface area contributed by atoms with Crippen LogP contribution >= 0.6 is 0 Å². The number of halogens is 1. The third kappa shape index (κ3) is 5.20. The summed E-state index contributed by atoms with van der Waals surface area (Å²) in [6.45, 7) is 6.66. The summed E-state index contributed by atoms with van der Waals surface area (Å²) in [4.78, 5) is 13.9. The zero-order valence-corrected chi connectivity index (χ0v) is 14.4. The van der Waals surface area contributed by atoms with E-state index in [4.69, 9.17) is 5.26 Å². The second-order valence-electron chi connectivity index (χ2n) is 6.65. The van der Waals surface area contributed by atoms with Crippen LogP contribution in [0.5, 0.6) is 0 Å². The van der Waals surface area contributed by atoms with Crippen LogP contribution < -0.4 is 10.6 Å². The molecule has 1 aromatic carbocycles. The first kappa shape index (κ1) is 18.2. The number of hydrogen-bond acceptors (Lipinski definition) is 4. The molecule has 2 N–H and O–H groups in total. The van der Waals surface area contributed by atoms with Crippen molar-refractivity contribution < 1.29 is 9.18 Å². The van der Waals surface area contributed by atoms with Gasteiger partial charge in [0.15, 0.2) is 0 Å². The lowest BCUT2D eigenvalue weighted by Gasteiger charge is -2.27. The molecule has 6 heteroatoms. The van der Waals surface area contributed by atoms with Gasteiger partial charge in [-0.1, -0.05) is 6.07 Å². The molecule has 0 atom stereocenters. The number of rotatable bonds is 6. The number of nitrogens with zero attached hydrogens (tertiary/aromatic N) is 2. The van der Waals surface area contributed by atoms with Crippen LogP contribution in [-0.4, -0.2) is 42.5 Å². The van der Waals surface area contributed by atoms with E-state index in [9.17, 15) is 9.18 Å². The van der Waals surface area contributed by atoms with Crippen molar-refractivity contribution in [1.29, 1.82) is 5.26 Å². The number of hydrogen-bond donors (Lipinski definition) is 2. The molecule has 1 fully saturated rings. The second-order valence-corrected chi connectivity index (χ2v) is 6.65. The number of nitrogens with one attached hydrogen (secondary N) is 2. The van der Waals surface area contributed by atoms with E-state index in [0.717, 1.165) is 26.2 Å². The summed E-state index contributed by atoms with van der Waals surface area (Å²) in [7, 11) is 0. The van der Waals surface area contributed by atoms with E-state index in [-0.39, 0.29) is 11.7 Å². The molecule has 1 aliphatic rings. The molecule has 0 bridgehead atoms. The third-order valence-electron chi connectivity index (χ3n) is 4.10. The highest BCUT2D eigenvalue weighted by atomic mass is 19.1. The molecule has 0 aromatic heterocycles. The van der Waals surface area contributed by atoms with Gasteiger partial charge in [-0.2, -0.15) is 5.26 Å². The summed E-state index contributed by atoms with van der Waals surface area (Å²) < 4.78 is 14.2. The Kier molecular flexibility index (Phi) is 6.16. The summed E-state index contributed by atoms with van der Waals surface area (Å²) >= 11 is 0. The number of amides is 1. The van der Waals surface area contributed by atoms with Crippen molar-refractivity contribution in [3.63, 3.8) is 0 Å². The minimum Gasteiger partial charge on any atom is -0.368 e. The zero-order valence-electron chi connectivity index (χ0n) is 14.4. The highest BCUT2D eigenvalue weighted by molar-refractivity contribution is 5.76. The van der Waals surface area contributed by atoms with Crippen LogP contribution in [0.1, 0.15) is 32.3 Å². The molecule has 1 saturated heterocycles. The number of benzene rings is 1. The maximum atomic E-state index is 14.2. The fourth-order valence-electron chi connectivity index (χ4n) is 2.72. The molecule has 24 heavy (non-hydrogen) atoms. The lowest BCUT2D eigenvalue weighted by molar-refractivity contribution is -0.131. The number of aryl methyl sites for hydroxylation is 1. The second kappa shape index (κ2) is 8.11. The van der Waals surface area contributed by atoms with Gasteiger partial charge in [0.05, 0.1) is 6.07 Å². The van der Waals surface area contributed by atoms with Crippen molar-refractivity contribution in [3.8, 4) is 6.07 Å². The maximum absolute atomic E-state index is 14.2. The van der Waals surface area contributed by atoms with Crippen LogP contribution in [0.3, 0.4) is 0 Å². The quantitative estimate of drug-likeness (QED) is 0.839. The maximum Gasteiger partial charge on any atom is 0.222 e. The van der Waals surface area contributed by atoms with Gasteiger partial charge in [0, 0.05) is 38.3 Å². The number of carbonyl (C=O) groups excluding carboxylic acids is 1. The van der Waals surface area contributed by atoms with Gasteiger partial charge in [0.2, 0.25) is 5.91 Å². The zero-order chi connectivity index (χ0) is 17.6. The summed E-state index contributed by atoms with van der Waals surface area (Å²) in [5.41, 5.74) is 0.437. The summed E-state index contributed by atoms with van der Waals surface area (Å²) in [6.07, 6.45) is 1.61. The molecular weight excluding hydrogens is 307 g/mol. The molecule has 130 valence electrons. The standard InChI is InChI=1S/C18H25FN4O/c1-18(2,13-20)22-15-7-6-14(16(19)12-15)4-3-5-17(24)23-10-8-21-9-11-23/h6-7,12,21-22H,3-5,8-11H2,1-2H3. The van der Waals surface area contributed by atoms with Crippen LogP contribution in [0, 0.1) is 17.1 Å². The number of carbonyl (C=O) groups is 1. The fraction of sp³-hybridized carbons (Fsp3) is 0.556. The minimum absolute atomic E-state index is 0.144. The van der Waals surface area contributed by atoms with Gasteiger partial charge in [0.1, 0.15) is 11.4 Å². The lowest BCUT2D eigenvalue weighted by Crippen LogP contribution is -2.46. The van der Waals surface area contributed by atoms with E-state index < -0.39 is 5.54 Å². The first-order valence-corrected chi connectivity index (χ1v) is 8.38. The van der Waals surface area contributed by atoms with E-state index in [1.807, 2.05) is 4.90 Å². The normalized spacial score (nSPS) is 15.0.